The first-order valence-electron chi connectivity index (χ1n) is 7.16. The van der Waals surface area contributed by atoms with Gasteiger partial charge in [0.05, 0.1) is 6.61 Å². The van der Waals surface area contributed by atoms with Gasteiger partial charge in [-0.3, -0.25) is 4.90 Å². The number of hydrogen-bond donors (Lipinski definition) is 1. The zero-order valence-electron chi connectivity index (χ0n) is 11.9. The summed E-state index contributed by atoms with van der Waals surface area (Å²) in [6.07, 6.45) is 2.55. The van der Waals surface area contributed by atoms with Crippen LogP contribution in [0, 0.1) is 0 Å². The van der Waals surface area contributed by atoms with E-state index in [4.69, 9.17) is 19.9 Å². The van der Waals surface area contributed by atoms with Crippen molar-refractivity contribution >= 4 is 0 Å². The second kappa shape index (κ2) is 5.99. The molecule has 0 spiro atoms. The van der Waals surface area contributed by atoms with Gasteiger partial charge >= 0.3 is 0 Å². The topological polar surface area (TPSA) is 57.0 Å². The molecule has 110 valence electrons. The summed E-state index contributed by atoms with van der Waals surface area (Å²) in [5, 5.41) is 0. The molecule has 1 heterocycles. The maximum Gasteiger partial charge on any atom is 0.231 e. The Balaban J connectivity index is 1.63. The number of nitrogens with two attached hydrogens (primary N) is 1. The summed E-state index contributed by atoms with van der Waals surface area (Å²) in [5.41, 5.74) is 7.44. The lowest BCUT2D eigenvalue weighted by Crippen LogP contribution is -2.36. The van der Waals surface area contributed by atoms with Gasteiger partial charge in [0.2, 0.25) is 6.79 Å². The molecule has 1 aromatic rings. The first-order chi connectivity index (χ1) is 9.78. The molecule has 2 N–H and O–H groups in total. The molecule has 1 fully saturated rings. The molecule has 5 nitrogen and oxygen atoms in total. The molecule has 0 aromatic heterocycles. The van der Waals surface area contributed by atoms with Crippen molar-refractivity contribution in [2.24, 2.45) is 5.73 Å². The normalized spacial score (nSPS) is 18.6. The van der Waals surface area contributed by atoms with E-state index in [1.54, 1.807) is 7.11 Å². The molecule has 0 amide bonds. The van der Waals surface area contributed by atoms with Crippen molar-refractivity contribution in [2.75, 3.05) is 33.6 Å². The molecule has 0 radical (unpaired) electrons. The maximum absolute atomic E-state index is 6.35. The summed E-state index contributed by atoms with van der Waals surface area (Å²) in [6.45, 7) is 2.85. The standard InChI is InChI=1S/C15H22N2O3/c1-18-7-6-17(12-3-4-12)9-13(16)11-2-5-14-15(8-11)20-10-19-14/h2,5,8,12-13H,3-4,6-7,9-10,16H2,1H3. The van der Waals surface area contributed by atoms with Gasteiger partial charge in [0, 0.05) is 32.3 Å². The summed E-state index contributed by atoms with van der Waals surface area (Å²) >= 11 is 0. The smallest absolute Gasteiger partial charge is 0.231 e. The highest BCUT2D eigenvalue weighted by molar-refractivity contribution is 5.45. The first kappa shape index (κ1) is 13.7. The Labute approximate surface area is 119 Å². The fraction of sp³-hybridized carbons (Fsp3) is 0.600. The lowest BCUT2D eigenvalue weighted by molar-refractivity contribution is 0.139. The van der Waals surface area contributed by atoms with Gasteiger partial charge in [0.1, 0.15) is 0 Å². The molecule has 20 heavy (non-hydrogen) atoms. The molecule has 3 rings (SSSR count). The van der Waals surface area contributed by atoms with E-state index in [0.717, 1.165) is 36.8 Å². The van der Waals surface area contributed by atoms with Gasteiger partial charge in [-0.2, -0.15) is 0 Å². The third kappa shape index (κ3) is 3.06. The van der Waals surface area contributed by atoms with E-state index in [1.165, 1.54) is 12.8 Å². The van der Waals surface area contributed by atoms with E-state index in [2.05, 4.69) is 4.90 Å². The van der Waals surface area contributed by atoms with Crippen LogP contribution in [0.4, 0.5) is 0 Å². The molecular weight excluding hydrogens is 256 g/mol. The fourth-order valence-corrected chi connectivity index (χ4v) is 2.57. The van der Waals surface area contributed by atoms with E-state index >= 15 is 0 Å². The maximum atomic E-state index is 6.35. The van der Waals surface area contributed by atoms with Gasteiger partial charge in [-0.25, -0.2) is 0 Å². The van der Waals surface area contributed by atoms with E-state index in [0.29, 0.717) is 12.8 Å². The van der Waals surface area contributed by atoms with Crippen molar-refractivity contribution in [1.29, 1.82) is 0 Å². The van der Waals surface area contributed by atoms with Crippen molar-refractivity contribution < 1.29 is 14.2 Å². The number of fused-ring (bicyclic) bond motifs is 1. The van der Waals surface area contributed by atoms with Crippen LogP contribution in [0.1, 0.15) is 24.4 Å². The Kier molecular flexibility index (Phi) is 4.10. The molecule has 1 unspecified atom stereocenters. The monoisotopic (exact) mass is 278 g/mol. The quantitative estimate of drug-likeness (QED) is 0.819. The molecule has 1 aliphatic heterocycles. The average molecular weight is 278 g/mol. The SMILES string of the molecule is COCCN(CC(N)c1ccc2c(c1)OCO2)C1CC1. The van der Waals surface area contributed by atoms with Crippen LogP contribution in [0.2, 0.25) is 0 Å². The van der Waals surface area contributed by atoms with Gasteiger partial charge in [-0.15, -0.1) is 0 Å². The Morgan fingerprint density at radius 1 is 1.35 bits per heavy atom. The highest BCUT2D eigenvalue weighted by atomic mass is 16.7. The lowest BCUT2D eigenvalue weighted by atomic mass is 10.1. The molecule has 1 aliphatic carbocycles. The van der Waals surface area contributed by atoms with Crippen LogP contribution in [0.3, 0.4) is 0 Å². The molecule has 0 saturated heterocycles. The molecular formula is C15H22N2O3. The third-order valence-electron chi connectivity index (χ3n) is 3.90. The van der Waals surface area contributed by atoms with E-state index in [9.17, 15) is 0 Å². The minimum atomic E-state index is -0.0121. The average Bonchev–Trinajstić information content (AvgIpc) is 3.20. The molecule has 1 atom stereocenters. The van der Waals surface area contributed by atoms with Crippen molar-refractivity contribution in [3.63, 3.8) is 0 Å². The van der Waals surface area contributed by atoms with Crippen LogP contribution in [0.5, 0.6) is 11.5 Å². The van der Waals surface area contributed by atoms with Crippen LogP contribution in [0.15, 0.2) is 18.2 Å². The summed E-state index contributed by atoms with van der Waals surface area (Å²) in [4.78, 5) is 2.43. The second-order valence-electron chi connectivity index (χ2n) is 5.44. The minimum absolute atomic E-state index is 0.0121. The number of nitrogens with zero attached hydrogens (tertiary/aromatic N) is 1. The molecule has 2 aliphatic rings. The molecule has 1 aromatic carbocycles. The van der Waals surface area contributed by atoms with Gasteiger partial charge in [0.25, 0.3) is 0 Å². The van der Waals surface area contributed by atoms with Crippen LogP contribution < -0.4 is 15.2 Å². The van der Waals surface area contributed by atoms with Crippen LogP contribution in [-0.2, 0) is 4.74 Å². The van der Waals surface area contributed by atoms with E-state index < -0.39 is 0 Å². The van der Waals surface area contributed by atoms with Crippen LogP contribution in [0.25, 0.3) is 0 Å². The molecule has 1 saturated carbocycles. The Bertz CT molecular complexity index is 462. The highest BCUT2D eigenvalue weighted by Crippen LogP contribution is 2.34. The zero-order chi connectivity index (χ0) is 13.9. The third-order valence-corrected chi connectivity index (χ3v) is 3.90. The highest BCUT2D eigenvalue weighted by Gasteiger charge is 2.30. The van der Waals surface area contributed by atoms with Gasteiger partial charge in [-0.05, 0) is 30.5 Å². The van der Waals surface area contributed by atoms with Crippen LogP contribution in [-0.4, -0.2) is 44.5 Å². The first-order valence-corrected chi connectivity index (χ1v) is 7.16. The number of rotatable bonds is 7. The molecule has 5 heteroatoms. The fourth-order valence-electron chi connectivity index (χ4n) is 2.57. The minimum Gasteiger partial charge on any atom is -0.454 e. The number of methoxy groups -OCH3 is 1. The summed E-state index contributed by atoms with van der Waals surface area (Å²) < 4.78 is 15.9. The number of ether oxygens (including phenoxy) is 3. The number of benzene rings is 1. The van der Waals surface area contributed by atoms with Crippen molar-refractivity contribution in [3.8, 4) is 11.5 Å². The van der Waals surface area contributed by atoms with Gasteiger partial charge in [-0.1, -0.05) is 6.07 Å². The Morgan fingerprint density at radius 2 is 2.15 bits per heavy atom. The van der Waals surface area contributed by atoms with Gasteiger partial charge in [0.15, 0.2) is 11.5 Å². The summed E-state index contributed by atoms with van der Waals surface area (Å²) in [5.74, 6) is 1.60. The lowest BCUT2D eigenvalue weighted by Gasteiger charge is -2.25. The van der Waals surface area contributed by atoms with Crippen LogP contribution >= 0.6 is 0 Å². The van der Waals surface area contributed by atoms with Crippen molar-refractivity contribution in [1.82, 2.24) is 4.90 Å². The van der Waals surface area contributed by atoms with Crippen molar-refractivity contribution in [2.45, 2.75) is 24.9 Å². The predicted molar refractivity (Wildman–Crippen MR) is 76.0 cm³/mol. The predicted octanol–water partition coefficient (Wildman–Crippen LogP) is 1.53. The zero-order valence-corrected chi connectivity index (χ0v) is 11.9. The molecule has 0 bridgehead atoms. The number of hydrogen-bond acceptors (Lipinski definition) is 5. The Morgan fingerprint density at radius 3 is 2.90 bits per heavy atom. The second-order valence-corrected chi connectivity index (χ2v) is 5.44. The summed E-state index contributed by atoms with van der Waals surface area (Å²) in [7, 11) is 1.74. The summed E-state index contributed by atoms with van der Waals surface area (Å²) in [6, 6.07) is 6.63. The largest absolute Gasteiger partial charge is 0.454 e. The Hall–Kier alpha value is -1.30. The van der Waals surface area contributed by atoms with E-state index in [1.807, 2.05) is 18.2 Å². The van der Waals surface area contributed by atoms with E-state index in [-0.39, 0.29) is 6.04 Å². The van der Waals surface area contributed by atoms with Gasteiger partial charge < -0.3 is 19.9 Å². The van der Waals surface area contributed by atoms with Crippen molar-refractivity contribution in [3.05, 3.63) is 23.8 Å².